The summed E-state index contributed by atoms with van der Waals surface area (Å²) >= 11 is 0. The average molecular weight is 509 g/mol. The maximum Gasteiger partial charge on any atom is 0.254 e. The lowest BCUT2D eigenvalue weighted by Gasteiger charge is -2.32. The number of benzene rings is 2. The number of nitrogens with zero attached hydrogens (tertiary/aromatic N) is 2. The zero-order chi connectivity index (χ0) is 26.9. The summed E-state index contributed by atoms with van der Waals surface area (Å²) in [7, 11) is 1.55. The molecule has 2 aliphatic rings. The number of hydrogen-bond acceptors (Lipinski definition) is 7. The molecule has 1 saturated heterocycles. The monoisotopic (exact) mass is 508 g/mol. The van der Waals surface area contributed by atoms with Gasteiger partial charge in [0, 0.05) is 43.4 Å². The molecule has 1 fully saturated rings. The van der Waals surface area contributed by atoms with Crippen LogP contribution in [0.1, 0.15) is 65.1 Å². The fraction of sp³-hybridized carbons (Fsp3) is 0.464. The first-order valence-electron chi connectivity index (χ1n) is 12.6. The molecule has 0 atom stereocenters. The first-order valence-corrected chi connectivity index (χ1v) is 12.6. The molecule has 9 nitrogen and oxygen atoms in total. The van der Waals surface area contributed by atoms with Crippen molar-refractivity contribution >= 4 is 23.2 Å². The number of nitrogens with one attached hydrogen (secondary N) is 2. The van der Waals surface area contributed by atoms with Gasteiger partial charge in [0.05, 0.1) is 37.6 Å². The number of aromatic hydroxyl groups is 1. The molecule has 1 amide bonds. The van der Waals surface area contributed by atoms with Crippen LogP contribution in [0.15, 0.2) is 24.3 Å². The topological polar surface area (TPSA) is 115 Å². The van der Waals surface area contributed by atoms with E-state index >= 15 is 0 Å². The van der Waals surface area contributed by atoms with Gasteiger partial charge in [0.25, 0.3) is 5.91 Å². The first kappa shape index (κ1) is 26.5. The largest absolute Gasteiger partial charge is 0.505 e. The van der Waals surface area contributed by atoms with Crippen LogP contribution in [-0.4, -0.2) is 74.0 Å². The minimum absolute atomic E-state index is 0.00367. The minimum Gasteiger partial charge on any atom is -0.505 e. The molecule has 0 radical (unpaired) electrons. The summed E-state index contributed by atoms with van der Waals surface area (Å²) in [5.41, 5.74) is 3.28. The van der Waals surface area contributed by atoms with Gasteiger partial charge in [-0.1, -0.05) is 20.8 Å². The molecular formula is C28H36N4O5. The second-order valence-corrected chi connectivity index (χ2v) is 10.4. The van der Waals surface area contributed by atoms with Crippen molar-refractivity contribution in [1.82, 2.24) is 10.2 Å². The number of carbonyl (C=O) groups is 2. The lowest BCUT2D eigenvalue weighted by molar-refractivity contribution is 0.0953. The molecule has 0 saturated carbocycles. The van der Waals surface area contributed by atoms with E-state index in [1.165, 1.54) is 0 Å². The molecule has 2 aliphatic heterocycles. The number of ketones is 1. The Labute approximate surface area is 217 Å². The first-order chi connectivity index (χ1) is 17.5. The summed E-state index contributed by atoms with van der Waals surface area (Å²) in [4.78, 5) is 29.7. The highest BCUT2D eigenvalue weighted by atomic mass is 16.5. The number of ether oxygens (including phenoxy) is 2. The van der Waals surface area contributed by atoms with Gasteiger partial charge in [0.15, 0.2) is 5.78 Å². The summed E-state index contributed by atoms with van der Waals surface area (Å²) in [6.07, 6.45) is 0. The van der Waals surface area contributed by atoms with Gasteiger partial charge < -0.3 is 29.7 Å². The smallest absolute Gasteiger partial charge is 0.254 e. The van der Waals surface area contributed by atoms with E-state index < -0.39 is 0 Å². The Morgan fingerprint density at radius 1 is 1.16 bits per heavy atom. The lowest BCUT2D eigenvalue weighted by atomic mass is 9.84. The van der Waals surface area contributed by atoms with E-state index in [-0.39, 0.29) is 35.2 Å². The molecule has 0 spiro atoms. The van der Waals surface area contributed by atoms with Gasteiger partial charge in [-0.15, -0.1) is 0 Å². The molecule has 198 valence electrons. The predicted octanol–water partition coefficient (Wildman–Crippen LogP) is 3.31. The van der Waals surface area contributed by atoms with Crippen molar-refractivity contribution in [2.24, 2.45) is 0 Å². The van der Waals surface area contributed by atoms with Gasteiger partial charge in [0.2, 0.25) is 0 Å². The lowest BCUT2D eigenvalue weighted by Crippen LogP contribution is -2.36. The second kappa shape index (κ2) is 10.4. The van der Waals surface area contributed by atoms with E-state index in [4.69, 9.17) is 14.9 Å². The van der Waals surface area contributed by atoms with Crippen molar-refractivity contribution in [2.75, 3.05) is 51.4 Å². The van der Waals surface area contributed by atoms with Crippen LogP contribution < -0.4 is 15.0 Å². The molecule has 0 aliphatic carbocycles. The van der Waals surface area contributed by atoms with E-state index in [2.05, 4.69) is 5.32 Å². The highest BCUT2D eigenvalue weighted by Crippen LogP contribution is 2.40. The number of anilines is 1. The number of fused-ring (bicyclic) bond motifs is 1. The number of amidine groups is 1. The Morgan fingerprint density at radius 2 is 1.86 bits per heavy atom. The number of amides is 1. The summed E-state index contributed by atoms with van der Waals surface area (Å²) < 4.78 is 11.1. The van der Waals surface area contributed by atoms with Crippen molar-refractivity contribution in [3.05, 3.63) is 52.1 Å². The molecular weight excluding hydrogens is 472 g/mol. The number of carbonyl (C=O) groups excluding carboxylic acids is 2. The molecule has 2 heterocycles. The Balaban J connectivity index is 1.63. The maximum absolute atomic E-state index is 13.6. The number of morpholine rings is 1. The molecule has 0 unspecified atom stereocenters. The van der Waals surface area contributed by atoms with Crippen molar-refractivity contribution in [2.45, 2.75) is 39.7 Å². The fourth-order valence-electron chi connectivity index (χ4n) is 4.81. The molecule has 2 aromatic rings. The predicted molar refractivity (Wildman–Crippen MR) is 142 cm³/mol. The van der Waals surface area contributed by atoms with E-state index in [0.717, 1.165) is 5.56 Å². The van der Waals surface area contributed by atoms with Gasteiger partial charge in [-0.2, -0.15) is 0 Å². The van der Waals surface area contributed by atoms with E-state index in [1.807, 2.05) is 32.6 Å². The zero-order valence-corrected chi connectivity index (χ0v) is 22.2. The second-order valence-electron chi connectivity index (χ2n) is 10.4. The van der Waals surface area contributed by atoms with Gasteiger partial charge in [-0.25, -0.2) is 0 Å². The normalized spacial score (nSPS) is 15.5. The Hall–Kier alpha value is -3.59. The summed E-state index contributed by atoms with van der Waals surface area (Å²) in [6, 6.07) is 6.98. The molecule has 2 aromatic carbocycles. The maximum atomic E-state index is 13.6. The number of phenols is 1. The molecule has 37 heavy (non-hydrogen) atoms. The van der Waals surface area contributed by atoms with Gasteiger partial charge >= 0.3 is 0 Å². The summed E-state index contributed by atoms with van der Waals surface area (Å²) in [6.45, 7) is 11.0. The van der Waals surface area contributed by atoms with Crippen LogP contribution in [0.3, 0.4) is 0 Å². The van der Waals surface area contributed by atoms with Gasteiger partial charge in [-0.05, 0) is 42.2 Å². The quantitative estimate of drug-likeness (QED) is 0.492. The summed E-state index contributed by atoms with van der Waals surface area (Å²) in [5, 5.41) is 22.4. The van der Waals surface area contributed by atoms with Gasteiger partial charge in [0.1, 0.15) is 17.3 Å². The van der Waals surface area contributed by atoms with E-state index in [9.17, 15) is 14.7 Å². The summed E-state index contributed by atoms with van der Waals surface area (Å²) in [5.74, 6) is 0.416. The Kier molecular flexibility index (Phi) is 7.45. The van der Waals surface area contributed by atoms with Crippen LogP contribution >= 0.6 is 0 Å². The van der Waals surface area contributed by atoms with Crippen molar-refractivity contribution in [3.8, 4) is 11.5 Å². The minimum atomic E-state index is -0.371. The number of rotatable bonds is 7. The zero-order valence-electron chi connectivity index (χ0n) is 22.2. The third-order valence-electron chi connectivity index (χ3n) is 6.82. The van der Waals surface area contributed by atoms with E-state index in [0.29, 0.717) is 73.1 Å². The standard InChI is InChI=1S/C28H36N4O5/c1-6-37-24-13-18-15-32(26(29)19(18)14-20(24)27(35)30-5)16-23(33)17-11-21(28(2,3)4)25(34)22(12-17)31-7-9-36-10-8-31/h11-14,29,34H,6-10,15-16H2,1-5H3,(H,30,35). The van der Waals surface area contributed by atoms with Crippen LogP contribution in [0.5, 0.6) is 11.5 Å². The van der Waals surface area contributed by atoms with Crippen LogP contribution in [0.25, 0.3) is 0 Å². The molecule has 4 rings (SSSR count). The number of hydrogen-bond donors (Lipinski definition) is 3. The SMILES string of the molecule is CCOc1cc2c(cc1C(=O)NC)C(=N)N(CC(=O)c1cc(N3CCOCC3)c(O)c(C(C)(C)C)c1)C2. The molecule has 9 heteroatoms. The number of Topliss-reactive ketones (excluding diaryl/α,β-unsaturated/α-hetero) is 1. The van der Waals surface area contributed by atoms with Crippen molar-refractivity contribution in [1.29, 1.82) is 5.41 Å². The van der Waals surface area contributed by atoms with Crippen LogP contribution in [0, 0.1) is 5.41 Å². The average Bonchev–Trinajstić information content (AvgIpc) is 3.17. The number of phenolic OH excluding ortho intramolecular Hbond substituents is 1. The van der Waals surface area contributed by atoms with Crippen molar-refractivity contribution in [3.63, 3.8) is 0 Å². The highest BCUT2D eigenvalue weighted by molar-refractivity contribution is 6.08. The molecule has 0 aromatic heterocycles. The molecule has 0 bridgehead atoms. The Bertz CT molecular complexity index is 1230. The van der Waals surface area contributed by atoms with Gasteiger partial charge in [-0.3, -0.25) is 15.0 Å². The fourth-order valence-corrected chi connectivity index (χ4v) is 4.81. The van der Waals surface area contributed by atoms with Crippen LogP contribution in [-0.2, 0) is 16.7 Å². The third-order valence-corrected chi connectivity index (χ3v) is 6.82. The third kappa shape index (κ3) is 5.27. The Morgan fingerprint density at radius 3 is 2.49 bits per heavy atom. The van der Waals surface area contributed by atoms with Crippen LogP contribution in [0.4, 0.5) is 5.69 Å². The highest BCUT2D eigenvalue weighted by Gasteiger charge is 2.31. The van der Waals surface area contributed by atoms with E-state index in [1.54, 1.807) is 36.2 Å². The molecule has 3 N–H and O–H groups in total. The van der Waals surface area contributed by atoms with Crippen molar-refractivity contribution < 1.29 is 24.2 Å². The van der Waals surface area contributed by atoms with Crippen LogP contribution in [0.2, 0.25) is 0 Å².